The number of halogens is 1. The van der Waals surface area contributed by atoms with Crippen LogP contribution in [0.4, 0.5) is 3.89 Å². The lowest BCUT2D eigenvalue weighted by Crippen LogP contribution is -1.98. The van der Waals surface area contributed by atoms with E-state index in [1.165, 1.54) is 6.07 Å². The molecule has 2 heterocycles. The van der Waals surface area contributed by atoms with Gasteiger partial charge in [-0.2, -0.15) is 13.5 Å². The number of pyridine rings is 1. The monoisotopic (exact) mass is 291 g/mol. The summed E-state index contributed by atoms with van der Waals surface area (Å²) < 4.78 is 36.5. The van der Waals surface area contributed by atoms with Crippen molar-refractivity contribution in [3.63, 3.8) is 0 Å². The van der Waals surface area contributed by atoms with Gasteiger partial charge in [-0.3, -0.25) is 0 Å². The van der Waals surface area contributed by atoms with Crippen molar-refractivity contribution >= 4 is 21.3 Å². The number of fused-ring (bicyclic) bond motifs is 1. The molecule has 20 heavy (non-hydrogen) atoms. The Kier molecular flexibility index (Phi) is 2.79. The van der Waals surface area contributed by atoms with E-state index in [0.717, 1.165) is 11.9 Å². The van der Waals surface area contributed by atoms with Gasteiger partial charge in [-0.05, 0) is 25.1 Å². The van der Waals surface area contributed by atoms with Gasteiger partial charge in [0.05, 0.1) is 17.6 Å². The van der Waals surface area contributed by atoms with E-state index in [1.54, 1.807) is 11.6 Å². The second kappa shape index (κ2) is 4.38. The SMILES string of the molecule is Cc1nn(-c2ccccc2)c2ncc(S(=O)(=O)F)cc12. The molecule has 0 spiro atoms. The Hall–Kier alpha value is -2.28. The molecule has 0 aliphatic rings. The quantitative estimate of drug-likeness (QED) is 0.680. The Morgan fingerprint density at radius 1 is 1.20 bits per heavy atom. The number of nitrogens with zero attached hydrogens (tertiary/aromatic N) is 3. The van der Waals surface area contributed by atoms with E-state index in [2.05, 4.69) is 10.1 Å². The van der Waals surface area contributed by atoms with Crippen molar-refractivity contribution in [2.24, 2.45) is 0 Å². The molecule has 0 bridgehead atoms. The minimum Gasteiger partial charge on any atom is -0.235 e. The number of benzene rings is 1. The van der Waals surface area contributed by atoms with Crippen LogP contribution in [0.15, 0.2) is 47.5 Å². The van der Waals surface area contributed by atoms with Gasteiger partial charge in [0, 0.05) is 5.39 Å². The molecule has 2 aromatic heterocycles. The fraction of sp³-hybridized carbons (Fsp3) is 0.0769. The van der Waals surface area contributed by atoms with Crippen LogP contribution in [0.3, 0.4) is 0 Å². The van der Waals surface area contributed by atoms with Gasteiger partial charge in [-0.15, -0.1) is 3.89 Å². The van der Waals surface area contributed by atoms with Gasteiger partial charge >= 0.3 is 10.2 Å². The zero-order valence-electron chi connectivity index (χ0n) is 10.5. The first kappa shape index (κ1) is 12.7. The zero-order valence-corrected chi connectivity index (χ0v) is 11.3. The molecular formula is C13H10FN3O2S. The van der Waals surface area contributed by atoms with Crippen LogP contribution in [-0.2, 0) is 10.2 Å². The topological polar surface area (TPSA) is 64.8 Å². The highest BCUT2D eigenvalue weighted by Gasteiger charge is 2.17. The Morgan fingerprint density at radius 2 is 1.90 bits per heavy atom. The Bertz CT molecular complexity index is 889. The molecule has 0 amide bonds. The number of aromatic nitrogens is 3. The summed E-state index contributed by atoms with van der Waals surface area (Å²) in [5.41, 5.74) is 1.87. The third kappa shape index (κ3) is 2.05. The minimum atomic E-state index is -4.77. The average molecular weight is 291 g/mol. The van der Waals surface area contributed by atoms with E-state index >= 15 is 0 Å². The molecule has 0 N–H and O–H groups in total. The summed E-state index contributed by atoms with van der Waals surface area (Å²) >= 11 is 0. The standard InChI is InChI=1S/C13H10FN3O2S/c1-9-12-7-11(20(14,18)19)8-15-13(12)17(16-9)10-5-3-2-4-6-10/h2-8H,1H3. The molecule has 102 valence electrons. The van der Waals surface area contributed by atoms with E-state index in [0.29, 0.717) is 16.7 Å². The van der Waals surface area contributed by atoms with Crippen molar-refractivity contribution < 1.29 is 12.3 Å². The first-order valence-corrected chi connectivity index (χ1v) is 7.20. The molecule has 0 aliphatic heterocycles. The molecular weight excluding hydrogens is 281 g/mol. The van der Waals surface area contributed by atoms with Gasteiger partial charge in [0.25, 0.3) is 0 Å². The van der Waals surface area contributed by atoms with Crippen LogP contribution < -0.4 is 0 Å². The maximum Gasteiger partial charge on any atom is 0.333 e. The summed E-state index contributed by atoms with van der Waals surface area (Å²) in [5, 5.41) is 4.83. The number of hydrogen-bond donors (Lipinski definition) is 0. The van der Waals surface area contributed by atoms with E-state index < -0.39 is 15.1 Å². The van der Waals surface area contributed by atoms with Gasteiger partial charge in [0.15, 0.2) is 5.65 Å². The largest absolute Gasteiger partial charge is 0.333 e. The maximum absolute atomic E-state index is 13.0. The molecule has 0 aliphatic carbocycles. The molecule has 0 saturated carbocycles. The van der Waals surface area contributed by atoms with E-state index in [9.17, 15) is 12.3 Å². The second-order valence-corrected chi connectivity index (χ2v) is 5.66. The van der Waals surface area contributed by atoms with Crippen molar-refractivity contribution in [3.05, 3.63) is 48.3 Å². The third-order valence-corrected chi connectivity index (χ3v) is 3.75. The summed E-state index contributed by atoms with van der Waals surface area (Å²) in [6.07, 6.45) is 0.998. The van der Waals surface area contributed by atoms with Gasteiger partial charge in [0.2, 0.25) is 0 Å². The molecule has 0 saturated heterocycles. The molecule has 0 atom stereocenters. The summed E-state index contributed by atoms with van der Waals surface area (Å²) in [6.45, 7) is 1.72. The Morgan fingerprint density at radius 3 is 2.55 bits per heavy atom. The van der Waals surface area contributed by atoms with Gasteiger partial charge in [0.1, 0.15) is 4.90 Å². The molecule has 3 aromatic rings. The molecule has 0 unspecified atom stereocenters. The Labute approximate surface area is 114 Å². The van der Waals surface area contributed by atoms with Crippen LogP contribution in [0.2, 0.25) is 0 Å². The molecule has 7 heteroatoms. The van der Waals surface area contributed by atoms with Gasteiger partial charge in [-0.1, -0.05) is 18.2 Å². The number of hydrogen-bond acceptors (Lipinski definition) is 4. The molecule has 5 nitrogen and oxygen atoms in total. The van der Waals surface area contributed by atoms with Crippen LogP contribution in [0.5, 0.6) is 0 Å². The van der Waals surface area contributed by atoms with Crippen LogP contribution in [0, 0.1) is 6.92 Å². The first-order chi connectivity index (χ1) is 9.47. The highest BCUT2D eigenvalue weighted by atomic mass is 32.3. The highest BCUT2D eigenvalue weighted by molar-refractivity contribution is 7.86. The molecule has 3 rings (SSSR count). The first-order valence-electron chi connectivity index (χ1n) is 5.82. The highest BCUT2D eigenvalue weighted by Crippen LogP contribution is 2.23. The van der Waals surface area contributed by atoms with Gasteiger partial charge < -0.3 is 0 Å². The summed E-state index contributed by atoms with van der Waals surface area (Å²) in [6, 6.07) is 10.6. The van der Waals surface area contributed by atoms with Crippen LogP contribution in [0.1, 0.15) is 5.69 Å². The maximum atomic E-state index is 13.0. The predicted molar refractivity (Wildman–Crippen MR) is 71.9 cm³/mol. The molecule has 0 radical (unpaired) electrons. The fourth-order valence-corrected chi connectivity index (χ4v) is 2.44. The normalized spacial score (nSPS) is 11.9. The zero-order chi connectivity index (χ0) is 14.3. The number of aryl methyl sites for hydroxylation is 1. The molecule has 0 fully saturated rings. The fourth-order valence-electron chi connectivity index (χ4n) is 2.01. The Balaban J connectivity index is 2.29. The van der Waals surface area contributed by atoms with Crippen molar-refractivity contribution in [3.8, 4) is 5.69 Å². The predicted octanol–water partition coefficient (Wildman–Crippen LogP) is 2.39. The van der Waals surface area contributed by atoms with E-state index in [-0.39, 0.29) is 0 Å². The van der Waals surface area contributed by atoms with E-state index in [1.807, 2.05) is 30.3 Å². The molecule has 1 aromatic carbocycles. The van der Waals surface area contributed by atoms with E-state index in [4.69, 9.17) is 0 Å². The van der Waals surface area contributed by atoms with Crippen molar-refractivity contribution in [2.75, 3.05) is 0 Å². The van der Waals surface area contributed by atoms with Crippen LogP contribution in [-0.4, -0.2) is 23.2 Å². The summed E-state index contributed by atoms with van der Waals surface area (Å²) in [5.74, 6) is 0. The average Bonchev–Trinajstić information content (AvgIpc) is 2.76. The third-order valence-electron chi connectivity index (χ3n) is 2.96. The number of para-hydroxylation sites is 1. The minimum absolute atomic E-state index is 0.458. The summed E-state index contributed by atoms with van der Waals surface area (Å²) in [7, 11) is -4.77. The number of rotatable bonds is 2. The van der Waals surface area contributed by atoms with Gasteiger partial charge in [-0.25, -0.2) is 9.67 Å². The van der Waals surface area contributed by atoms with Crippen molar-refractivity contribution in [1.82, 2.24) is 14.8 Å². The summed E-state index contributed by atoms with van der Waals surface area (Å²) in [4.78, 5) is 3.57. The lowest BCUT2D eigenvalue weighted by atomic mass is 10.3. The van der Waals surface area contributed by atoms with Crippen LogP contribution >= 0.6 is 0 Å². The second-order valence-electron chi connectivity index (χ2n) is 4.31. The lowest BCUT2D eigenvalue weighted by Gasteiger charge is -2.02. The lowest BCUT2D eigenvalue weighted by molar-refractivity contribution is 0.552. The smallest absolute Gasteiger partial charge is 0.235 e. The van der Waals surface area contributed by atoms with Crippen LogP contribution in [0.25, 0.3) is 16.7 Å². The van der Waals surface area contributed by atoms with Crippen molar-refractivity contribution in [1.29, 1.82) is 0 Å². The van der Waals surface area contributed by atoms with Crippen molar-refractivity contribution in [2.45, 2.75) is 11.8 Å².